The van der Waals surface area contributed by atoms with Gasteiger partial charge in [0.1, 0.15) is 0 Å². The highest BCUT2D eigenvalue weighted by molar-refractivity contribution is 7.94. The second kappa shape index (κ2) is 5.71. The monoisotopic (exact) mass is 273 g/mol. The average Bonchev–Trinajstić information content (AvgIpc) is 2.40. The maximum Gasteiger partial charge on any atom is 0.201 e. The molecular weight excluding hydrogens is 258 g/mol. The fraction of sp³-hybridized carbons (Fsp3) is 0.0667. The number of aryl methyl sites for hydroxylation is 1. The predicted octanol–water partition coefficient (Wildman–Crippen LogP) is 3.35. The van der Waals surface area contributed by atoms with Crippen molar-refractivity contribution < 1.29 is 8.42 Å². The lowest BCUT2D eigenvalue weighted by atomic mass is 10.2. The molecule has 0 saturated heterocycles. The van der Waals surface area contributed by atoms with Crippen molar-refractivity contribution in [3.63, 3.8) is 0 Å². The molecule has 0 saturated carbocycles. The molecule has 0 aromatic heterocycles. The van der Waals surface area contributed by atoms with Gasteiger partial charge >= 0.3 is 0 Å². The number of anilines is 1. The van der Waals surface area contributed by atoms with Crippen LogP contribution in [0.1, 0.15) is 5.56 Å². The van der Waals surface area contributed by atoms with E-state index >= 15 is 0 Å². The lowest BCUT2D eigenvalue weighted by molar-refractivity contribution is 0.604. The summed E-state index contributed by atoms with van der Waals surface area (Å²) < 4.78 is 24.0. The summed E-state index contributed by atoms with van der Waals surface area (Å²) in [5, 5.41) is 4.09. The van der Waals surface area contributed by atoms with Crippen molar-refractivity contribution in [2.75, 3.05) is 5.32 Å². The van der Waals surface area contributed by atoms with Gasteiger partial charge in [-0.2, -0.15) is 0 Å². The minimum atomic E-state index is -3.39. The van der Waals surface area contributed by atoms with E-state index in [1.165, 1.54) is 11.6 Å². The summed E-state index contributed by atoms with van der Waals surface area (Å²) in [6.07, 6.45) is 1.44. The fourth-order valence-corrected chi connectivity index (χ4v) is 2.48. The van der Waals surface area contributed by atoms with Crippen molar-refractivity contribution >= 4 is 15.5 Å². The molecule has 4 heteroatoms. The molecule has 2 rings (SSSR count). The first-order valence-electron chi connectivity index (χ1n) is 5.88. The van der Waals surface area contributed by atoms with Crippen LogP contribution in [0.5, 0.6) is 0 Å². The van der Waals surface area contributed by atoms with Crippen LogP contribution in [0.25, 0.3) is 0 Å². The average molecular weight is 273 g/mol. The first kappa shape index (κ1) is 13.4. The standard InChI is InChI=1S/C15H15NO2S/c1-13-7-9-15(10-8-13)19(17,18)12-11-16-14-5-3-2-4-6-14/h2-12,16H,1H3/b12-11+. The van der Waals surface area contributed by atoms with Crippen molar-refractivity contribution in [3.05, 3.63) is 71.8 Å². The number of hydrogen-bond donors (Lipinski definition) is 1. The van der Waals surface area contributed by atoms with Gasteiger partial charge in [-0.25, -0.2) is 8.42 Å². The fourth-order valence-electron chi connectivity index (χ4n) is 1.56. The molecule has 0 aliphatic carbocycles. The Morgan fingerprint density at radius 2 is 1.58 bits per heavy atom. The van der Waals surface area contributed by atoms with Crippen LogP contribution in [0.3, 0.4) is 0 Å². The first-order chi connectivity index (χ1) is 9.08. The highest BCUT2D eigenvalue weighted by atomic mass is 32.2. The lowest BCUT2D eigenvalue weighted by Crippen LogP contribution is -1.97. The Balaban J connectivity index is 2.11. The van der Waals surface area contributed by atoms with Gasteiger partial charge in [-0.05, 0) is 31.2 Å². The van der Waals surface area contributed by atoms with Crippen LogP contribution in [-0.4, -0.2) is 8.42 Å². The van der Waals surface area contributed by atoms with Crippen LogP contribution in [0, 0.1) is 6.92 Å². The molecule has 2 aromatic rings. The maximum absolute atomic E-state index is 12.0. The number of rotatable bonds is 4. The Hall–Kier alpha value is -2.07. The highest BCUT2D eigenvalue weighted by Crippen LogP contribution is 2.13. The van der Waals surface area contributed by atoms with E-state index in [4.69, 9.17) is 0 Å². The molecule has 0 aliphatic rings. The molecule has 3 nitrogen and oxygen atoms in total. The Morgan fingerprint density at radius 3 is 2.21 bits per heavy atom. The van der Waals surface area contributed by atoms with Gasteiger partial charge in [-0.15, -0.1) is 0 Å². The first-order valence-corrected chi connectivity index (χ1v) is 7.42. The second-order valence-corrected chi connectivity index (χ2v) is 6.00. The summed E-state index contributed by atoms with van der Waals surface area (Å²) in [6.45, 7) is 1.92. The van der Waals surface area contributed by atoms with E-state index < -0.39 is 9.84 Å². The van der Waals surface area contributed by atoms with E-state index in [2.05, 4.69) is 5.32 Å². The maximum atomic E-state index is 12.0. The Labute approximate surface area is 113 Å². The Morgan fingerprint density at radius 1 is 0.947 bits per heavy atom. The number of nitrogens with one attached hydrogen (secondary N) is 1. The zero-order valence-corrected chi connectivity index (χ0v) is 11.4. The van der Waals surface area contributed by atoms with Crippen LogP contribution < -0.4 is 5.32 Å². The van der Waals surface area contributed by atoms with E-state index in [0.717, 1.165) is 11.3 Å². The van der Waals surface area contributed by atoms with Gasteiger partial charge < -0.3 is 5.32 Å². The molecule has 0 fully saturated rings. The number of hydrogen-bond acceptors (Lipinski definition) is 3. The largest absolute Gasteiger partial charge is 0.361 e. The van der Waals surface area contributed by atoms with Crippen LogP contribution in [0.4, 0.5) is 5.69 Å². The van der Waals surface area contributed by atoms with E-state index in [0.29, 0.717) is 4.90 Å². The van der Waals surface area contributed by atoms with Crippen molar-refractivity contribution in [1.82, 2.24) is 0 Å². The van der Waals surface area contributed by atoms with Crippen molar-refractivity contribution in [3.8, 4) is 0 Å². The van der Waals surface area contributed by atoms with E-state index in [9.17, 15) is 8.42 Å². The van der Waals surface area contributed by atoms with Gasteiger partial charge in [0, 0.05) is 11.9 Å². The molecule has 0 spiro atoms. The van der Waals surface area contributed by atoms with Crippen LogP contribution in [-0.2, 0) is 9.84 Å². The summed E-state index contributed by atoms with van der Waals surface area (Å²) in [5.41, 5.74) is 1.88. The second-order valence-electron chi connectivity index (χ2n) is 4.17. The summed E-state index contributed by atoms with van der Waals surface area (Å²) in [6, 6.07) is 16.2. The molecule has 1 N–H and O–H groups in total. The minimum Gasteiger partial charge on any atom is -0.361 e. The third-order valence-corrected chi connectivity index (χ3v) is 4.04. The molecule has 19 heavy (non-hydrogen) atoms. The Kier molecular flexibility index (Phi) is 4.02. The molecule has 0 aliphatic heterocycles. The van der Waals surface area contributed by atoms with Gasteiger partial charge in [0.05, 0.1) is 10.3 Å². The van der Waals surface area contributed by atoms with Crippen molar-refractivity contribution in [1.29, 1.82) is 0 Å². The quantitative estimate of drug-likeness (QED) is 0.929. The molecule has 2 aromatic carbocycles. The third-order valence-electron chi connectivity index (χ3n) is 2.62. The SMILES string of the molecule is Cc1ccc(S(=O)(=O)/C=C/Nc2ccccc2)cc1. The normalized spacial score (nSPS) is 11.6. The van der Waals surface area contributed by atoms with E-state index in [1.54, 1.807) is 24.3 Å². The van der Waals surface area contributed by atoms with Crippen molar-refractivity contribution in [2.45, 2.75) is 11.8 Å². The molecule has 0 atom stereocenters. The van der Waals surface area contributed by atoms with Gasteiger partial charge in [0.25, 0.3) is 0 Å². The zero-order chi connectivity index (χ0) is 13.7. The van der Waals surface area contributed by atoms with E-state index in [1.807, 2.05) is 37.3 Å². The van der Waals surface area contributed by atoms with E-state index in [-0.39, 0.29) is 0 Å². The van der Waals surface area contributed by atoms with Crippen LogP contribution in [0.15, 0.2) is 71.1 Å². The summed E-state index contributed by atoms with van der Waals surface area (Å²) in [7, 11) is -3.39. The van der Waals surface area contributed by atoms with Gasteiger partial charge in [0.2, 0.25) is 9.84 Å². The number of sulfone groups is 1. The Bertz CT molecular complexity index is 659. The highest BCUT2D eigenvalue weighted by Gasteiger charge is 2.08. The molecule has 0 unspecified atom stereocenters. The topological polar surface area (TPSA) is 46.2 Å². The summed E-state index contributed by atoms with van der Waals surface area (Å²) >= 11 is 0. The molecule has 0 bridgehead atoms. The lowest BCUT2D eigenvalue weighted by Gasteiger charge is -2.01. The summed E-state index contributed by atoms with van der Waals surface area (Å²) in [4.78, 5) is 0.296. The molecule has 98 valence electrons. The molecule has 0 amide bonds. The minimum absolute atomic E-state index is 0.296. The van der Waals surface area contributed by atoms with Gasteiger partial charge in [0.15, 0.2) is 0 Å². The smallest absolute Gasteiger partial charge is 0.201 e. The molecule has 0 heterocycles. The molecular formula is C15H15NO2S. The van der Waals surface area contributed by atoms with Crippen molar-refractivity contribution in [2.24, 2.45) is 0 Å². The van der Waals surface area contributed by atoms with Gasteiger partial charge in [-0.3, -0.25) is 0 Å². The van der Waals surface area contributed by atoms with Crippen LogP contribution >= 0.6 is 0 Å². The number of para-hydroxylation sites is 1. The number of benzene rings is 2. The van der Waals surface area contributed by atoms with Gasteiger partial charge in [-0.1, -0.05) is 35.9 Å². The van der Waals surface area contributed by atoms with Crippen LogP contribution in [0.2, 0.25) is 0 Å². The zero-order valence-electron chi connectivity index (χ0n) is 10.6. The third kappa shape index (κ3) is 3.69. The predicted molar refractivity (Wildman–Crippen MR) is 77.6 cm³/mol. The molecule has 0 radical (unpaired) electrons. The summed E-state index contributed by atoms with van der Waals surface area (Å²) in [5.74, 6) is 0.